The van der Waals surface area contributed by atoms with E-state index >= 15 is 0 Å². The van der Waals surface area contributed by atoms with Gasteiger partial charge in [0.15, 0.2) is 6.10 Å². The molecule has 130 valence electrons. The highest BCUT2D eigenvalue weighted by atomic mass is 16.5. The minimum absolute atomic E-state index is 0.361. The van der Waals surface area contributed by atoms with E-state index in [9.17, 15) is 9.90 Å². The van der Waals surface area contributed by atoms with Gasteiger partial charge >= 0.3 is 0 Å². The number of amides is 1. The topological polar surface area (TPSA) is 76.4 Å². The van der Waals surface area contributed by atoms with Crippen LogP contribution in [0, 0.1) is 0 Å². The lowest BCUT2D eigenvalue weighted by Gasteiger charge is -2.13. The average Bonchev–Trinajstić information content (AvgIpc) is 2.93. The molecular formula is C18H25N3O3. The quantitative estimate of drug-likeness (QED) is 0.812. The number of aliphatic hydroxyl groups is 1. The van der Waals surface area contributed by atoms with Crippen molar-refractivity contribution in [2.75, 3.05) is 7.11 Å². The summed E-state index contributed by atoms with van der Waals surface area (Å²) >= 11 is 0. The molecule has 1 aromatic heterocycles. The first-order chi connectivity index (χ1) is 11.5. The molecule has 0 bridgehead atoms. The minimum atomic E-state index is -1.23. The smallest absolute Gasteiger partial charge is 0.253 e. The van der Waals surface area contributed by atoms with Crippen LogP contribution in [0.3, 0.4) is 0 Å². The molecule has 24 heavy (non-hydrogen) atoms. The molecule has 0 aliphatic carbocycles. The van der Waals surface area contributed by atoms with E-state index < -0.39 is 12.0 Å². The molecule has 6 nitrogen and oxygen atoms in total. The van der Waals surface area contributed by atoms with E-state index in [0.29, 0.717) is 17.9 Å². The van der Waals surface area contributed by atoms with E-state index in [1.807, 2.05) is 18.7 Å². The van der Waals surface area contributed by atoms with E-state index in [1.54, 1.807) is 31.4 Å². The number of benzene rings is 1. The molecule has 2 rings (SSSR count). The number of aryl methyl sites for hydroxylation is 2. The highest BCUT2D eigenvalue weighted by Crippen LogP contribution is 2.20. The molecule has 2 aromatic rings. The first kappa shape index (κ1) is 18.0. The predicted molar refractivity (Wildman–Crippen MR) is 91.8 cm³/mol. The Hall–Kier alpha value is -2.34. The lowest BCUT2D eigenvalue weighted by molar-refractivity contribution is -0.129. The van der Waals surface area contributed by atoms with Crippen LogP contribution in [0.25, 0.3) is 0 Å². The van der Waals surface area contributed by atoms with Crippen LogP contribution in [0.15, 0.2) is 24.3 Å². The molecule has 0 aliphatic rings. The molecule has 1 atom stereocenters. The van der Waals surface area contributed by atoms with Gasteiger partial charge in [0.05, 0.1) is 12.8 Å². The maximum atomic E-state index is 12.3. The molecule has 1 aromatic carbocycles. The number of hydrogen-bond acceptors (Lipinski definition) is 4. The number of aromatic nitrogens is 2. The summed E-state index contributed by atoms with van der Waals surface area (Å²) in [6, 6.07) is 6.87. The SMILES string of the molecule is CCc1nn(C)c(CC)c1CNC(=O)C(O)c1cccc(OC)c1. The molecule has 0 aliphatic heterocycles. The molecule has 0 saturated heterocycles. The van der Waals surface area contributed by atoms with Crippen LogP contribution < -0.4 is 10.1 Å². The minimum Gasteiger partial charge on any atom is -0.497 e. The van der Waals surface area contributed by atoms with Gasteiger partial charge < -0.3 is 15.2 Å². The van der Waals surface area contributed by atoms with Gasteiger partial charge in [-0.1, -0.05) is 26.0 Å². The highest BCUT2D eigenvalue weighted by molar-refractivity contribution is 5.82. The zero-order chi connectivity index (χ0) is 17.7. The van der Waals surface area contributed by atoms with Gasteiger partial charge in [-0.2, -0.15) is 5.10 Å². The van der Waals surface area contributed by atoms with Gasteiger partial charge in [-0.25, -0.2) is 0 Å². The van der Waals surface area contributed by atoms with Gasteiger partial charge in [0.1, 0.15) is 5.75 Å². The third-order valence-corrected chi connectivity index (χ3v) is 4.13. The molecule has 0 radical (unpaired) electrons. The van der Waals surface area contributed by atoms with Crippen LogP contribution in [0.1, 0.15) is 42.5 Å². The Bertz CT molecular complexity index is 710. The number of methoxy groups -OCH3 is 1. The number of aliphatic hydroxyl groups excluding tert-OH is 1. The number of carbonyl (C=O) groups excluding carboxylic acids is 1. The van der Waals surface area contributed by atoms with Gasteiger partial charge in [-0.05, 0) is 30.5 Å². The molecule has 0 spiro atoms. The lowest BCUT2D eigenvalue weighted by Crippen LogP contribution is -2.29. The van der Waals surface area contributed by atoms with Crippen molar-refractivity contribution in [3.63, 3.8) is 0 Å². The summed E-state index contributed by atoms with van der Waals surface area (Å²) in [6.45, 7) is 4.46. The van der Waals surface area contributed by atoms with E-state index in [0.717, 1.165) is 29.8 Å². The Balaban J connectivity index is 2.10. The second-order valence-electron chi connectivity index (χ2n) is 5.60. The molecule has 1 heterocycles. The fourth-order valence-corrected chi connectivity index (χ4v) is 2.83. The zero-order valence-corrected chi connectivity index (χ0v) is 14.7. The fourth-order valence-electron chi connectivity index (χ4n) is 2.83. The van der Waals surface area contributed by atoms with Crippen LogP contribution in [-0.4, -0.2) is 27.9 Å². The van der Waals surface area contributed by atoms with Crippen molar-refractivity contribution in [3.05, 3.63) is 46.8 Å². The van der Waals surface area contributed by atoms with Crippen molar-refractivity contribution >= 4 is 5.91 Å². The summed E-state index contributed by atoms with van der Waals surface area (Å²) in [6.07, 6.45) is 0.414. The van der Waals surface area contributed by atoms with Crippen molar-refractivity contribution in [1.82, 2.24) is 15.1 Å². The van der Waals surface area contributed by atoms with Crippen LogP contribution >= 0.6 is 0 Å². The lowest BCUT2D eigenvalue weighted by atomic mass is 10.1. The molecule has 0 fully saturated rings. The third-order valence-electron chi connectivity index (χ3n) is 4.13. The van der Waals surface area contributed by atoms with E-state index in [4.69, 9.17) is 4.74 Å². The first-order valence-electron chi connectivity index (χ1n) is 8.15. The van der Waals surface area contributed by atoms with Gasteiger partial charge in [0, 0.05) is 24.8 Å². The molecule has 0 saturated carbocycles. The summed E-state index contributed by atoms with van der Waals surface area (Å²) in [4.78, 5) is 12.3. The fraction of sp³-hybridized carbons (Fsp3) is 0.444. The number of ether oxygens (including phenoxy) is 1. The second-order valence-corrected chi connectivity index (χ2v) is 5.60. The Labute approximate surface area is 142 Å². The summed E-state index contributed by atoms with van der Waals surface area (Å²) in [7, 11) is 3.46. The predicted octanol–water partition coefficient (Wildman–Crippen LogP) is 1.90. The molecule has 1 unspecified atom stereocenters. The Morgan fingerprint density at radius 3 is 2.75 bits per heavy atom. The summed E-state index contributed by atoms with van der Waals surface area (Å²) < 4.78 is 6.98. The molecule has 6 heteroatoms. The van der Waals surface area contributed by atoms with Crippen molar-refractivity contribution in [2.45, 2.75) is 39.3 Å². The monoisotopic (exact) mass is 331 g/mol. The normalized spacial score (nSPS) is 12.0. The number of carbonyl (C=O) groups is 1. The number of rotatable bonds is 7. The molecular weight excluding hydrogens is 306 g/mol. The zero-order valence-electron chi connectivity index (χ0n) is 14.7. The highest BCUT2D eigenvalue weighted by Gasteiger charge is 2.20. The standard InChI is InChI=1S/C18H25N3O3/c1-5-15-14(16(6-2)21(3)20-15)11-19-18(23)17(22)12-8-7-9-13(10-12)24-4/h7-10,17,22H,5-6,11H2,1-4H3,(H,19,23). The number of nitrogens with zero attached hydrogens (tertiary/aromatic N) is 2. The Kier molecular flexibility index (Phi) is 5.98. The first-order valence-corrected chi connectivity index (χ1v) is 8.15. The van der Waals surface area contributed by atoms with Gasteiger partial charge in [0.25, 0.3) is 5.91 Å². The van der Waals surface area contributed by atoms with E-state index in [-0.39, 0.29) is 0 Å². The van der Waals surface area contributed by atoms with Crippen molar-refractivity contribution < 1.29 is 14.6 Å². The summed E-state index contributed by atoms with van der Waals surface area (Å²) in [5.74, 6) is 0.171. The number of hydrogen-bond donors (Lipinski definition) is 2. The van der Waals surface area contributed by atoms with Crippen LogP contribution in [0.5, 0.6) is 5.75 Å². The second kappa shape index (κ2) is 7.97. The van der Waals surface area contributed by atoms with E-state index in [2.05, 4.69) is 17.3 Å². The van der Waals surface area contributed by atoms with Crippen LogP contribution in [-0.2, 0) is 31.2 Å². The maximum Gasteiger partial charge on any atom is 0.253 e. The van der Waals surface area contributed by atoms with Gasteiger partial charge in [-0.3, -0.25) is 9.48 Å². The van der Waals surface area contributed by atoms with Crippen LogP contribution in [0.4, 0.5) is 0 Å². The van der Waals surface area contributed by atoms with Gasteiger partial charge in [-0.15, -0.1) is 0 Å². The van der Waals surface area contributed by atoms with Crippen molar-refractivity contribution in [3.8, 4) is 5.75 Å². The van der Waals surface area contributed by atoms with Crippen molar-refractivity contribution in [1.29, 1.82) is 0 Å². The summed E-state index contributed by atoms with van der Waals surface area (Å²) in [5, 5.41) is 17.6. The Morgan fingerprint density at radius 1 is 1.38 bits per heavy atom. The third kappa shape index (κ3) is 3.76. The van der Waals surface area contributed by atoms with Crippen molar-refractivity contribution in [2.24, 2.45) is 7.05 Å². The van der Waals surface area contributed by atoms with Gasteiger partial charge in [0.2, 0.25) is 0 Å². The Morgan fingerprint density at radius 2 is 2.12 bits per heavy atom. The maximum absolute atomic E-state index is 12.3. The number of nitrogens with one attached hydrogen (secondary N) is 1. The average molecular weight is 331 g/mol. The molecule has 2 N–H and O–H groups in total. The largest absolute Gasteiger partial charge is 0.497 e. The van der Waals surface area contributed by atoms with Crippen LogP contribution in [0.2, 0.25) is 0 Å². The molecule has 1 amide bonds. The van der Waals surface area contributed by atoms with E-state index in [1.165, 1.54) is 0 Å². The summed E-state index contributed by atoms with van der Waals surface area (Å²) in [5.41, 5.74) is 3.62.